The number of unbranched alkanes of at least 4 members (excludes halogenated alkanes) is 1. The highest BCUT2D eigenvalue weighted by molar-refractivity contribution is 5.95. The Hall–Kier alpha value is -3.35. The molecule has 1 atom stereocenters. The Morgan fingerprint density at radius 3 is 2.75 bits per heavy atom. The molecule has 0 spiro atoms. The molecule has 28 heavy (non-hydrogen) atoms. The van der Waals surface area contributed by atoms with E-state index in [1.165, 1.54) is 0 Å². The zero-order valence-corrected chi connectivity index (χ0v) is 15.5. The second-order valence-corrected chi connectivity index (χ2v) is 6.60. The third kappa shape index (κ3) is 3.31. The third-order valence-electron chi connectivity index (χ3n) is 4.69. The number of hydrogen-bond acceptors (Lipinski definition) is 5. The minimum Gasteiger partial charge on any atom is -0.493 e. The third-order valence-corrected chi connectivity index (χ3v) is 4.69. The number of benzene rings is 2. The number of rotatable bonds is 5. The summed E-state index contributed by atoms with van der Waals surface area (Å²) in [6.07, 6.45) is 1.06. The molecule has 7 heteroatoms. The highest BCUT2D eigenvalue weighted by atomic mass is 16.6. The summed E-state index contributed by atoms with van der Waals surface area (Å²) in [4.78, 5) is 12.5. The van der Waals surface area contributed by atoms with Crippen LogP contribution in [0.2, 0.25) is 0 Å². The van der Waals surface area contributed by atoms with Crippen LogP contribution in [0.5, 0.6) is 17.4 Å². The normalized spacial score (nSPS) is 16.0. The first kappa shape index (κ1) is 18.0. The van der Waals surface area contributed by atoms with E-state index < -0.39 is 12.0 Å². The fourth-order valence-electron chi connectivity index (χ4n) is 3.22. The zero-order chi connectivity index (χ0) is 19.5. The average molecular weight is 379 g/mol. The van der Waals surface area contributed by atoms with E-state index in [9.17, 15) is 9.90 Å². The smallest absolute Gasteiger partial charge is 0.308 e. The van der Waals surface area contributed by atoms with Crippen molar-refractivity contribution in [1.82, 2.24) is 4.57 Å². The van der Waals surface area contributed by atoms with Crippen molar-refractivity contribution in [2.45, 2.75) is 32.4 Å². The molecule has 1 amide bonds. The number of carbonyl (C=O) groups excluding carboxylic acids is 1. The van der Waals surface area contributed by atoms with Crippen molar-refractivity contribution in [3.63, 3.8) is 0 Å². The van der Waals surface area contributed by atoms with Crippen molar-refractivity contribution in [1.29, 1.82) is 0 Å². The van der Waals surface area contributed by atoms with Crippen molar-refractivity contribution in [2.24, 2.45) is 10.2 Å². The second kappa shape index (κ2) is 7.72. The lowest BCUT2D eigenvalue weighted by molar-refractivity contribution is -0.127. The summed E-state index contributed by atoms with van der Waals surface area (Å²) in [6.45, 7) is 2.83. The van der Waals surface area contributed by atoms with E-state index in [1.807, 2.05) is 30.3 Å². The van der Waals surface area contributed by atoms with Crippen LogP contribution in [0.3, 0.4) is 0 Å². The Morgan fingerprint density at radius 2 is 1.93 bits per heavy atom. The number of aromatic nitrogens is 1. The number of para-hydroxylation sites is 3. The fraction of sp³-hybridized carbons (Fsp3) is 0.286. The molecule has 2 heterocycles. The van der Waals surface area contributed by atoms with Gasteiger partial charge in [-0.25, -0.2) is 0 Å². The van der Waals surface area contributed by atoms with Crippen LogP contribution in [-0.4, -0.2) is 28.3 Å². The molecule has 7 nitrogen and oxygen atoms in total. The van der Waals surface area contributed by atoms with E-state index in [4.69, 9.17) is 9.47 Å². The monoisotopic (exact) mass is 379 g/mol. The molecule has 0 fully saturated rings. The number of amides is 1. The highest BCUT2D eigenvalue weighted by Crippen LogP contribution is 2.39. The molecule has 0 radical (unpaired) electrons. The zero-order valence-electron chi connectivity index (χ0n) is 15.5. The molecule has 1 aromatic heterocycles. The van der Waals surface area contributed by atoms with E-state index in [0.29, 0.717) is 18.0 Å². The van der Waals surface area contributed by atoms with Crippen molar-refractivity contribution in [3.8, 4) is 17.4 Å². The molecular formula is C21H21N3O4. The van der Waals surface area contributed by atoms with Gasteiger partial charge >= 0.3 is 5.91 Å². The van der Waals surface area contributed by atoms with Crippen LogP contribution in [0, 0.1) is 0 Å². The quantitative estimate of drug-likeness (QED) is 0.657. The number of aryl methyl sites for hydroxylation is 1. The molecule has 1 aliphatic rings. The van der Waals surface area contributed by atoms with Gasteiger partial charge in [-0.1, -0.05) is 43.7 Å². The van der Waals surface area contributed by atoms with Gasteiger partial charge in [0.2, 0.25) is 12.0 Å². The Balaban J connectivity index is 1.59. The first-order valence-electron chi connectivity index (χ1n) is 9.33. The number of carbonyl (C=O) groups is 1. The summed E-state index contributed by atoms with van der Waals surface area (Å²) in [6, 6.07) is 14.7. The maximum Gasteiger partial charge on any atom is 0.308 e. The topological polar surface area (TPSA) is 85.4 Å². The van der Waals surface area contributed by atoms with Crippen LogP contribution >= 0.6 is 0 Å². The average Bonchev–Trinajstić information content (AvgIpc) is 3.00. The van der Waals surface area contributed by atoms with Crippen molar-refractivity contribution in [2.75, 3.05) is 6.61 Å². The Kier molecular flexibility index (Phi) is 4.97. The van der Waals surface area contributed by atoms with Crippen LogP contribution in [-0.2, 0) is 11.3 Å². The van der Waals surface area contributed by atoms with Crippen molar-refractivity contribution >= 4 is 22.5 Å². The largest absolute Gasteiger partial charge is 0.493 e. The number of aromatic hydroxyl groups is 1. The van der Waals surface area contributed by atoms with Crippen LogP contribution in [0.25, 0.3) is 10.9 Å². The summed E-state index contributed by atoms with van der Waals surface area (Å²) in [5, 5.41) is 19.2. The minimum absolute atomic E-state index is 0.0114. The molecule has 3 aromatic rings. The number of fused-ring (bicyclic) bond motifs is 2. The molecule has 4 rings (SSSR count). The SMILES string of the molecule is CCCCn1c(O)c(N=NC(=O)[C@@H]2COc3ccccc3O2)c2ccccc21. The fourth-order valence-corrected chi connectivity index (χ4v) is 3.22. The molecule has 0 unspecified atom stereocenters. The Morgan fingerprint density at radius 1 is 1.18 bits per heavy atom. The highest BCUT2D eigenvalue weighted by Gasteiger charge is 2.27. The van der Waals surface area contributed by atoms with Crippen LogP contribution in [0.4, 0.5) is 5.69 Å². The molecule has 144 valence electrons. The van der Waals surface area contributed by atoms with Crippen molar-refractivity contribution < 1.29 is 19.4 Å². The Labute approximate surface area is 162 Å². The Bertz CT molecular complexity index is 1040. The van der Waals surface area contributed by atoms with Gasteiger partial charge in [0.25, 0.3) is 0 Å². The molecule has 0 bridgehead atoms. The van der Waals surface area contributed by atoms with Crippen LogP contribution in [0.1, 0.15) is 19.8 Å². The van der Waals surface area contributed by atoms with E-state index in [0.717, 1.165) is 23.7 Å². The lowest BCUT2D eigenvalue weighted by Gasteiger charge is -2.23. The summed E-state index contributed by atoms with van der Waals surface area (Å²) in [5.41, 5.74) is 1.15. The van der Waals surface area contributed by atoms with E-state index in [-0.39, 0.29) is 18.2 Å². The van der Waals surface area contributed by atoms with E-state index in [1.54, 1.807) is 22.8 Å². The summed E-state index contributed by atoms with van der Waals surface area (Å²) in [5.74, 6) is 0.554. The molecule has 0 aliphatic carbocycles. The maximum atomic E-state index is 12.5. The lowest BCUT2D eigenvalue weighted by Crippen LogP contribution is -2.35. The molecule has 2 aromatic carbocycles. The van der Waals surface area contributed by atoms with Crippen LogP contribution in [0.15, 0.2) is 58.8 Å². The van der Waals surface area contributed by atoms with Gasteiger partial charge in [-0.05, 0) is 24.6 Å². The van der Waals surface area contributed by atoms with Gasteiger partial charge < -0.3 is 19.1 Å². The first-order chi connectivity index (χ1) is 13.7. The predicted molar refractivity (Wildman–Crippen MR) is 104 cm³/mol. The summed E-state index contributed by atoms with van der Waals surface area (Å²) >= 11 is 0. The molecule has 0 saturated carbocycles. The predicted octanol–water partition coefficient (Wildman–Crippen LogP) is 4.60. The van der Waals surface area contributed by atoms with E-state index in [2.05, 4.69) is 17.2 Å². The van der Waals surface area contributed by atoms with Gasteiger partial charge in [0.15, 0.2) is 17.2 Å². The summed E-state index contributed by atoms with van der Waals surface area (Å²) < 4.78 is 13.0. The summed E-state index contributed by atoms with van der Waals surface area (Å²) in [7, 11) is 0. The number of nitrogens with zero attached hydrogens (tertiary/aromatic N) is 3. The van der Waals surface area contributed by atoms with Crippen LogP contribution < -0.4 is 9.47 Å². The standard InChI is InChI=1S/C21H21N3O4/c1-2-3-12-24-15-9-5-4-8-14(15)19(21(24)26)22-23-20(25)18-13-27-16-10-6-7-11-17(16)28-18/h4-11,18,26H,2-3,12-13H2,1H3/t18-/m0/s1. The molecule has 1 aliphatic heterocycles. The van der Waals surface area contributed by atoms with Crippen molar-refractivity contribution in [3.05, 3.63) is 48.5 Å². The van der Waals surface area contributed by atoms with Gasteiger partial charge in [-0.2, -0.15) is 0 Å². The van der Waals surface area contributed by atoms with Gasteiger partial charge in [0, 0.05) is 11.9 Å². The number of hydrogen-bond donors (Lipinski definition) is 1. The molecular weight excluding hydrogens is 358 g/mol. The first-order valence-corrected chi connectivity index (χ1v) is 9.33. The maximum absolute atomic E-state index is 12.5. The van der Waals surface area contributed by atoms with Gasteiger partial charge in [-0.15, -0.1) is 10.2 Å². The lowest BCUT2D eigenvalue weighted by atomic mass is 10.2. The molecule has 1 N–H and O–H groups in total. The molecule has 0 saturated heterocycles. The van der Waals surface area contributed by atoms with E-state index >= 15 is 0 Å². The second-order valence-electron chi connectivity index (χ2n) is 6.60. The minimum atomic E-state index is -0.866. The van der Waals surface area contributed by atoms with Gasteiger partial charge in [-0.3, -0.25) is 4.79 Å². The van der Waals surface area contributed by atoms with Gasteiger partial charge in [0.1, 0.15) is 6.61 Å². The van der Waals surface area contributed by atoms with Gasteiger partial charge in [0.05, 0.1) is 5.52 Å². The number of azo groups is 1. The number of ether oxygens (including phenoxy) is 2.